The molecule has 0 atom stereocenters. The van der Waals surface area contributed by atoms with Crippen LogP contribution in [0.1, 0.15) is 0 Å². The van der Waals surface area contributed by atoms with E-state index in [0.717, 1.165) is 12.2 Å². The highest BCUT2D eigenvalue weighted by Crippen LogP contribution is 1.74. The number of carbonyl (C=O) groups is 2. The summed E-state index contributed by atoms with van der Waals surface area (Å²) in [7, 11) is 0. The van der Waals surface area contributed by atoms with Gasteiger partial charge in [0, 0.05) is 12.2 Å². The number of amides is 2. The molecule has 4 nitrogen and oxygen atoms in total. The molecule has 0 saturated heterocycles. The number of hydrogen-bond acceptors (Lipinski definition) is 2. The Labute approximate surface area is 58.2 Å². The second-order valence-electron chi connectivity index (χ2n) is 1.52. The molecule has 0 spiro atoms. The van der Waals surface area contributed by atoms with E-state index >= 15 is 0 Å². The first-order chi connectivity index (χ1) is 4.63. The first-order valence-corrected chi connectivity index (χ1v) is 2.56. The van der Waals surface area contributed by atoms with E-state index in [1.807, 2.05) is 0 Å². The summed E-state index contributed by atoms with van der Waals surface area (Å²) in [5.41, 5.74) is 9.47. The van der Waals surface area contributed by atoms with Gasteiger partial charge in [-0.1, -0.05) is 12.2 Å². The maximum absolute atomic E-state index is 10.0. The molecule has 10 heavy (non-hydrogen) atoms. The molecule has 54 valence electrons. The molecule has 2 amide bonds. The van der Waals surface area contributed by atoms with Gasteiger partial charge in [-0.05, 0) is 0 Å². The average molecular weight is 140 g/mol. The Morgan fingerprint density at radius 1 is 0.900 bits per heavy atom. The molecule has 0 aromatic heterocycles. The molecule has 4 heteroatoms. The van der Waals surface area contributed by atoms with Gasteiger partial charge >= 0.3 is 0 Å². The molecule has 0 bridgehead atoms. The lowest BCUT2D eigenvalue weighted by atomic mass is 10.4. The third kappa shape index (κ3) is 6.42. The van der Waals surface area contributed by atoms with Crippen molar-refractivity contribution in [2.24, 2.45) is 11.5 Å². The Bertz CT molecular complexity index is 172. The van der Waals surface area contributed by atoms with Crippen molar-refractivity contribution in [3.05, 3.63) is 24.3 Å². The van der Waals surface area contributed by atoms with E-state index in [9.17, 15) is 9.59 Å². The molecule has 0 aliphatic rings. The van der Waals surface area contributed by atoms with Gasteiger partial charge in [-0.3, -0.25) is 9.59 Å². The van der Waals surface area contributed by atoms with E-state index in [1.54, 1.807) is 0 Å². The van der Waals surface area contributed by atoms with Crippen LogP contribution >= 0.6 is 0 Å². The largest absolute Gasteiger partial charge is 0.366 e. The van der Waals surface area contributed by atoms with Gasteiger partial charge in [0.1, 0.15) is 0 Å². The normalized spacial score (nSPS) is 10.8. The van der Waals surface area contributed by atoms with Crippen LogP contribution in [-0.4, -0.2) is 11.8 Å². The van der Waals surface area contributed by atoms with E-state index in [-0.39, 0.29) is 0 Å². The van der Waals surface area contributed by atoms with Crippen LogP contribution in [-0.2, 0) is 9.59 Å². The molecule has 0 aromatic carbocycles. The van der Waals surface area contributed by atoms with Crippen LogP contribution in [0.2, 0.25) is 0 Å². The number of rotatable bonds is 3. The summed E-state index contributed by atoms with van der Waals surface area (Å²) in [6.07, 6.45) is 4.93. The van der Waals surface area contributed by atoms with Gasteiger partial charge in [-0.2, -0.15) is 0 Å². The lowest BCUT2D eigenvalue weighted by molar-refractivity contribution is -0.114. The summed E-state index contributed by atoms with van der Waals surface area (Å²) in [6, 6.07) is 0. The highest BCUT2D eigenvalue weighted by atomic mass is 16.1. The lowest BCUT2D eigenvalue weighted by Gasteiger charge is -1.76. The number of allylic oxidation sites excluding steroid dienone is 2. The Balaban J connectivity index is 3.73. The SMILES string of the molecule is NC(=O)/C=C\C=C/C(N)=O. The van der Waals surface area contributed by atoms with Gasteiger partial charge in [-0.15, -0.1) is 0 Å². The summed E-state index contributed by atoms with van der Waals surface area (Å²) in [5.74, 6) is -1.12. The Morgan fingerprint density at radius 2 is 1.20 bits per heavy atom. The van der Waals surface area contributed by atoms with Crippen LogP contribution in [0.15, 0.2) is 24.3 Å². The minimum absolute atomic E-state index is 0.561. The fourth-order valence-electron chi connectivity index (χ4n) is 0.301. The van der Waals surface area contributed by atoms with Crippen LogP contribution in [0.4, 0.5) is 0 Å². The zero-order chi connectivity index (χ0) is 7.98. The Morgan fingerprint density at radius 3 is 1.40 bits per heavy atom. The van der Waals surface area contributed by atoms with Crippen LogP contribution in [0.5, 0.6) is 0 Å². The fraction of sp³-hybridized carbons (Fsp3) is 0. The Hall–Kier alpha value is -1.58. The number of hydrogen-bond donors (Lipinski definition) is 2. The number of nitrogens with two attached hydrogens (primary N) is 2. The van der Waals surface area contributed by atoms with Gasteiger partial charge in [0.05, 0.1) is 0 Å². The topological polar surface area (TPSA) is 86.2 Å². The van der Waals surface area contributed by atoms with Crippen molar-refractivity contribution >= 4 is 11.8 Å². The molecule has 0 saturated carbocycles. The molecule has 0 radical (unpaired) electrons. The van der Waals surface area contributed by atoms with Crippen LogP contribution < -0.4 is 11.5 Å². The van der Waals surface area contributed by atoms with Crippen molar-refractivity contribution in [3.63, 3.8) is 0 Å². The number of carbonyl (C=O) groups excluding carboxylic acids is 2. The van der Waals surface area contributed by atoms with Crippen molar-refractivity contribution in [3.8, 4) is 0 Å². The quantitative estimate of drug-likeness (QED) is 0.392. The van der Waals surface area contributed by atoms with Crippen molar-refractivity contribution in [1.82, 2.24) is 0 Å². The third-order valence-electron chi connectivity index (χ3n) is 0.632. The molecule has 0 aromatic rings. The van der Waals surface area contributed by atoms with Gasteiger partial charge in [-0.25, -0.2) is 0 Å². The minimum Gasteiger partial charge on any atom is -0.366 e. The lowest BCUT2D eigenvalue weighted by Crippen LogP contribution is -2.06. The molecule has 0 aliphatic heterocycles. The standard InChI is InChI=1S/C6H8N2O2/c7-5(9)3-1-2-4-6(8)10/h1-4H,(H2,7,9)(H2,8,10)/b3-1-,4-2-. The van der Waals surface area contributed by atoms with Gasteiger partial charge in [0.25, 0.3) is 0 Å². The molecule has 0 unspecified atom stereocenters. The number of primary amides is 2. The predicted molar refractivity (Wildman–Crippen MR) is 36.7 cm³/mol. The third-order valence-corrected chi connectivity index (χ3v) is 0.632. The summed E-state index contributed by atoms with van der Waals surface area (Å²) in [5, 5.41) is 0. The summed E-state index contributed by atoms with van der Waals surface area (Å²) < 4.78 is 0. The zero-order valence-electron chi connectivity index (χ0n) is 5.28. The van der Waals surface area contributed by atoms with Crippen LogP contribution in [0.3, 0.4) is 0 Å². The maximum atomic E-state index is 10.0. The highest BCUT2D eigenvalue weighted by molar-refractivity contribution is 5.88. The molecule has 4 N–H and O–H groups in total. The van der Waals surface area contributed by atoms with Gasteiger partial charge < -0.3 is 11.5 Å². The molecule has 0 aliphatic carbocycles. The van der Waals surface area contributed by atoms with Gasteiger partial charge in [0.2, 0.25) is 11.8 Å². The van der Waals surface area contributed by atoms with Crippen LogP contribution in [0, 0.1) is 0 Å². The van der Waals surface area contributed by atoms with E-state index < -0.39 is 11.8 Å². The zero-order valence-corrected chi connectivity index (χ0v) is 5.28. The van der Waals surface area contributed by atoms with E-state index in [1.165, 1.54) is 12.2 Å². The second-order valence-corrected chi connectivity index (χ2v) is 1.52. The fourth-order valence-corrected chi connectivity index (χ4v) is 0.301. The summed E-state index contributed by atoms with van der Waals surface area (Å²) in [6.45, 7) is 0. The van der Waals surface area contributed by atoms with Gasteiger partial charge in [0.15, 0.2) is 0 Å². The first-order valence-electron chi connectivity index (χ1n) is 2.56. The highest BCUT2D eigenvalue weighted by Gasteiger charge is 1.79. The van der Waals surface area contributed by atoms with E-state index in [2.05, 4.69) is 0 Å². The van der Waals surface area contributed by atoms with Crippen molar-refractivity contribution in [1.29, 1.82) is 0 Å². The average Bonchev–Trinajstić information content (AvgIpc) is 1.79. The molecule has 0 heterocycles. The van der Waals surface area contributed by atoms with Crippen molar-refractivity contribution in [2.75, 3.05) is 0 Å². The maximum Gasteiger partial charge on any atom is 0.241 e. The predicted octanol–water partition coefficient (Wildman–Crippen LogP) is -0.931. The Kier molecular flexibility index (Phi) is 3.63. The monoisotopic (exact) mass is 140 g/mol. The first kappa shape index (κ1) is 8.42. The molecule has 0 fully saturated rings. The van der Waals surface area contributed by atoms with Crippen LogP contribution in [0.25, 0.3) is 0 Å². The molecular formula is C6H8N2O2. The van der Waals surface area contributed by atoms with Crippen molar-refractivity contribution < 1.29 is 9.59 Å². The summed E-state index contributed by atoms with van der Waals surface area (Å²) in [4.78, 5) is 20.1. The second kappa shape index (κ2) is 4.31. The molecule has 0 rings (SSSR count). The van der Waals surface area contributed by atoms with Crippen molar-refractivity contribution in [2.45, 2.75) is 0 Å². The van der Waals surface area contributed by atoms with E-state index in [4.69, 9.17) is 11.5 Å². The summed E-state index contributed by atoms with van der Waals surface area (Å²) >= 11 is 0. The molecular weight excluding hydrogens is 132 g/mol. The smallest absolute Gasteiger partial charge is 0.241 e. The van der Waals surface area contributed by atoms with E-state index in [0.29, 0.717) is 0 Å². The minimum atomic E-state index is -0.561.